The number of hydrogen-bond acceptors (Lipinski definition) is 2. The fourth-order valence-electron chi connectivity index (χ4n) is 3.41. The molecule has 0 radical (unpaired) electrons. The summed E-state index contributed by atoms with van der Waals surface area (Å²) in [5, 5.41) is 5.61. The molecule has 3 nitrogen and oxygen atoms in total. The third kappa shape index (κ3) is 2.74. The molecule has 0 saturated heterocycles. The molecule has 1 unspecified atom stereocenters. The van der Waals surface area contributed by atoms with Crippen molar-refractivity contribution < 1.29 is 9.18 Å². The van der Waals surface area contributed by atoms with Crippen LogP contribution in [0.25, 0.3) is 0 Å². The van der Waals surface area contributed by atoms with Gasteiger partial charge < -0.3 is 0 Å². The number of carbonyl (C=O) groups excluding carboxylic acids is 1. The van der Waals surface area contributed by atoms with Crippen molar-refractivity contribution >= 4 is 17.3 Å². The van der Waals surface area contributed by atoms with Crippen LogP contribution < -0.4 is 5.01 Å². The molecule has 0 N–H and O–H groups in total. The summed E-state index contributed by atoms with van der Waals surface area (Å²) in [6.45, 7) is 3.71. The summed E-state index contributed by atoms with van der Waals surface area (Å²) in [6, 6.07) is 23.5. The van der Waals surface area contributed by atoms with Crippen molar-refractivity contribution in [2.45, 2.75) is 19.5 Å². The lowest BCUT2D eigenvalue weighted by molar-refractivity contribution is -0.125. The smallest absolute Gasteiger partial charge is 0.268 e. The van der Waals surface area contributed by atoms with E-state index in [0.717, 1.165) is 11.1 Å². The number of aryl methyl sites for hydroxylation is 2. The zero-order valence-electron chi connectivity index (χ0n) is 15.2. The quantitative estimate of drug-likeness (QED) is 0.654. The molecule has 134 valence electrons. The van der Waals surface area contributed by atoms with Crippen LogP contribution in [-0.2, 0) is 10.5 Å². The van der Waals surface area contributed by atoms with E-state index in [2.05, 4.69) is 5.10 Å². The Bertz CT molecular complexity index is 1030. The van der Waals surface area contributed by atoms with Crippen molar-refractivity contribution in [1.82, 2.24) is 0 Å². The van der Waals surface area contributed by atoms with E-state index in [-0.39, 0.29) is 5.71 Å². The van der Waals surface area contributed by atoms with Gasteiger partial charge in [0, 0.05) is 11.1 Å². The SMILES string of the molecule is Cc1ccc(C)c(C2(F)C(=O)N(c3ccccc3)N=C2c2ccccc2)c1. The van der Waals surface area contributed by atoms with Gasteiger partial charge in [-0.15, -0.1) is 0 Å². The van der Waals surface area contributed by atoms with Crippen LogP contribution in [0.3, 0.4) is 0 Å². The van der Waals surface area contributed by atoms with Gasteiger partial charge in [0.05, 0.1) is 5.69 Å². The Balaban J connectivity index is 1.95. The maximum absolute atomic E-state index is 16.6. The van der Waals surface area contributed by atoms with E-state index in [1.54, 1.807) is 42.5 Å². The molecular weight excluding hydrogens is 339 g/mol. The average Bonchev–Trinajstić information content (AvgIpc) is 2.97. The van der Waals surface area contributed by atoms with Crippen LogP contribution in [0.15, 0.2) is 84.0 Å². The van der Waals surface area contributed by atoms with E-state index in [0.29, 0.717) is 16.8 Å². The summed E-state index contributed by atoms with van der Waals surface area (Å²) in [7, 11) is 0. The van der Waals surface area contributed by atoms with Crippen LogP contribution >= 0.6 is 0 Å². The van der Waals surface area contributed by atoms with Gasteiger partial charge >= 0.3 is 0 Å². The molecule has 1 heterocycles. The van der Waals surface area contributed by atoms with Gasteiger partial charge in [0.2, 0.25) is 0 Å². The number of halogens is 1. The number of anilines is 1. The highest BCUT2D eigenvalue weighted by atomic mass is 19.1. The molecule has 4 rings (SSSR count). The third-order valence-corrected chi connectivity index (χ3v) is 4.83. The van der Waals surface area contributed by atoms with Gasteiger partial charge in [0.25, 0.3) is 11.6 Å². The zero-order chi connectivity index (χ0) is 19.0. The van der Waals surface area contributed by atoms with Crippen LogP contribution in [0.4, 0.5) is 10.1 Å². The first kappa shape index (κ1) is 17.2. The third-order valence-electron chi connectivity index (χ3n) is 4.83. The van der Waals surface area contributed by atoms with E-state index in [4.69, 9.17) is 0 Å². The Hall–Kier alpha value is -3.27. The zero-order valence-corrected chi connectivity index (χ0v) is 15.2. The second-order valence-corrected chi connectivity index (χ2v) is 6.74. The number of alkyl halides is 1. The van der Waals surface area contributed by atoms with Crippen LogP contribution in [0, 0.1) is 13.8 Å². The van der Waals surface area contributed by atoms with Crippen molar-refractivity contribution in [2.75, 3.05) is 5.01 Å². The lowest BCUT2D eigenvalue weighted by Crippen LogP contribution is -2.41. The number of para-hydroxylation sites is 1. The molecule has 1 amide bonds. The van der Waals surface area contributed by atoms with Gasteiger partial charge in [-0.25, -0.2) is 4.39 Å². The summed E-state index contributed by atoms with van der Waals surface area (Å²) in [5.41, 5.74) is 0.862. The first-order valence-corrected chi connectivity index (χ1v) is 8.82. The number of hydrazone groups is 1. The molecular formula is C23H19FN2O. The van der Waals surface area contributed by atoms with Crippen molar-refractivity contribution in [1.29, 1.82) is 0 Å². The normalized spacial score (nSPS) is 19.3. The molecule has 0 bridgehead atoms. The molecule has 3 aromatic rings. The maximum atomic E-state index is 16.6. The molecule has 0 fully saturated rings. The lowest BCUT2D eigenvalue weighted by Gasteiger charge is -2.23. The minimum absolute atomic E-state index is 0.116. The van der Waals surface area contributed by atoms with Crippen LogP contribution in [0.5, 0.6) is 0 Å². The van der Waals surface area contributed by atoms with E-state index in [9.17, 15) is 4.79 Å². The molecule has 0 aliphatic carbocycles. The number of benzene rings is 3. The van der Waals surface area contributed by atoms with Gasteiger partial charge in [0.1, 0.15) is 5.71 Å². The topological polar surface area (TPSA) is 32.7 Å². The minimum Gasteiger partial charge on any atom is -0.268 e. The van der Waals surface area contributed by atoms with E-state index < -0.39 is 11.6 Å². The summed E-state index contributed by atoms with van der Waals surface area (Å²) in [5.74, 6) is -0.693. The molecule has 1 aliphatic rings. The molecule has 0 saturated carbocycles. The second kappa shape index (κ2) is 6.47. The van der Waals surface area contributed by atoms with Crippen molar-refractivity contribution in [3.63, 3.8) is 0 Å². The van der Waals surface area contributed by atoms with Gasteiger partial charge in [-0.05, 0) is 31.5 Å². The number of amides is 1. The van der Waals surface area contributed by atoms with Gasteiger partial charge in [0.15, 0.2) is 0 Å². The number of nitrogens with zero attached hydrogens (tertiary/aromatic N) is 2. The summed E-state index contributed by atoms with van der Waals surface area (Å²) < 4.78 is 16.6. The van der Waals surface area contributed by atoms with Gasteiger partial charge in [-0.3, -0.25) is 4.79 Å². The van der Waals surface area contributed by atoms with Crippen molar-refractivity contribution in [3.05, 3.63) is 101 Å². The van der Waals surface area contributed by atoms with Crippen LogP contribution in [0.1, 0.15) is 22.3 Å². The Morgan fingerprint density at radius 3 is 2.19 bits per heavy atom. The predicted octanol–water partition coefficient (Wildman–Crippen LogP) is 4.92. The lowest BCUT2D eigenvalue weighted by atomic mass is 9.83. The first-order valence-electron chi connectivity index (χ1n) is 8.82. The molecule has 4 heteroatoms. The highest BCUT2D eigenvalue weighted by Gasteiger charge is 2.55. The molecule has 3 aromatic carbocycles. The fraction of sp³-hybridized carbons (Fsp3) is 0.130. The summed E-state index contributed by atoms with van der Waals surface area (Å²) >= 11 is 0. The highest BCUT2D eigenvalue weighted by Crippen LogP contribution is 2.41. The standard InChI is InChI=1S/C23H19FN2O/c1-16-13-14-17(2)20(15-16)23(24)21(18-9-5-3-6-10-18)25-26(22(23)27)19-11-7-4-8-12-19/h3-15H,1-2H3. The monoisotopic (exact) mass is 358 g/mol. The Morgan fingerprint density at radius 2 is 1.52 bits per heavy atom. The Morgan fingerprint density at radius 1 is 0.889 bits per heavy atom. The van der Waals surface area contributed by atoms with Crippen LogP contribution in [0.2, 0.25) is 0 Å². The molecule has 27 heavy (non-hydrogen) atoms. The molecule has 1 atom stereocenters. The van der Waals surface area contributed by atoms with Crippen LogP contribution in [-0.4, -0.2) is 11.6 Å². The second-order valence-electron chi connectivity index (χ2n) is 6.74. The summed E-state index contributed by atoms with van der Waals surface area (Å²) in [6.07, 6.45) is 0. The van der Waals surface area contributed by atoms with Crippen molar-refractivity contribution in [3.8, 4) is 0 Å². The molecule has 0 spiro atoms. The largest absolute Gasteiger partial charge is 0.296 e. The molecule has 0 aromatic heterocycles. The number of carbonyl (C=O) groups is 1. The summed E-state index contributed by atoms with van der Waals surface area (Å²) in [4.78, 5) is 13.3. The van der Waals surface area contributed by atoms with Gasteiger partial charge in [-0.1, -0.05) is 72.3 Å². The molecule has 1 aliphatic heterocycles. The van der Waals surface area contributed by atoms with E-state index in [1.807, 2.05) is 50.2 Å². The average molecular weight is 358 g/mol. The highest BCUT2D eigenvalue weighted by molar-refractivity contribution is 6.27. The van der Waals surface area contributed by atoms with E-state index in [1.165, 1.54) is 5.01 Å². The Labute approximate surface area is 157 Å². The first-order chi connectivity index (χ1) is 13.0. The van der Waals surface area contributed by atoms with Gasteiger partial charge in [-0.2, -0.15) is 10.1 Å². The number of rotatable bonds is 3. The number of hydrogen-bond donors (Lipinski definition) is 0. The predicted molar refractivity (Wildman–Crippen MR) is 106 cm³/mol. The van der Waals surface area contributed by atoms with Crippen molar-refractivity contribution in [2.24, 2.45) is 5.10 Å². The fourth-order valence-corrected chi connectivity index (χ4v) is 3.41. The van der Waals surface area contributed by atoms with E-state index >= 15 is 4.39 Å². The maximum Gasteiger partial charge on any atom is 0.296 e. The minimum atomic E-state index is -2.34. The Kier molecular flexibility index (Phi) is 4.11.